The van der Waals surface area contributed by atoms with Crippen molar-refractivity contribution in [3.63, 3.8) is 0 Å². The van der Waals surface area contributed by atoms with Gasteiger partial charge in [0.05, 0.1) is 12.0 Å². The molecule has 0 radical (unpaired) electrons. The van der Waals surface area contributed by atoms with Crippen LogP contribution in [-0.2, 0) is 14.3 Å². The molecule has 1 heterocycles. The van der Waals surface area contributed by atoms with Gasteiger partial charge in [-0.3, -0.25) is 0 Å². The van der Waals surface area contributed by atoms with E-state index in [0.29, 0.717) is 5.01 Å². The maximum absolute atomic E-state index is 11.5. The summed E-state index contributed by atoms with van der Waals surface area (Å²) in [6.07, 6.45) is 1.97. The molecule has 0 spiro atoms. The van der Waals surface area contributed by atoms with Crippen molar-refractivity contribution in [2.24, 2.45) is 0 Å². The minimum Gasteiger partial charge on any atom is -0.457 e. The first-order chi connectivity index (χ1) is 9.30. The highest BCUT2D eigenvalue weighted by molar-refractivity contribution is 7.10. The summed E-state index contributed by atoms with van der Waals surface area (Å²) in [5.74, 6) is -0.321. The zero-order valence-corrected chi connectivity index (χ0v) is 12.7. The van der Waals surface area contributed by atoms with Gasteiger partial charge in [-0.05, 0) is 33.8 Å². The van der Waals surface area contributed by atoms with Crippen LogP contribution < -0.4 is 4.74 Å². The Labute approximate surface area is 121 Å². The Morgan fingerprint density at radius 3 is 2.70 bits per heavy atom. The number of rotatable bonds is 4. The molecule has 6 nitrogen and oxygen atoms in total. The van der Waals surface area contributed by atoms with Crippen molar-refractivity contribution < 1.29 is 23.8 Å². The summed E-state index contributed by atoms with van der Waals surface area (Å²) in [6.45, 7) is 7.26. The molecule has 0 aliphatic carbocycles. The first-order valence-corrected chi connectivity index (χ1v) is 6.89. The maximum Gasteiger partial charge on any atom is 0.515 e. The molecule has 0 aliphatic rings. The average Bonchev–Trinajstić information content (AvgIpc) is 2.72. The maximum atomic E-state index is 11.5. The van der Waals surface area contributed by atoms with E-state index in [0.717, 1.165) is 0 Å². The quantitative estimate of drug-likeness (QED) is 0.628. The standard InChI is InChI=1S/C13H17NO5S/c1-5-17-12(16)18-9-8-20-10(14-9)6-7-11(15)19-13(2,3)4/h6-8H,5H2,1-4H3. The smallest absolute Gasteiger partial charge is 0.457 e. The van der Waals surface area contributed by atoms with E-state index < -0.39 is 17.7 Å². The molecule has 1 aromatic rings. The monoisotopic (exact) mass is 299 g/mol. The van der Waals surface area contributed by atoms with Gasteiger partial charge in [-0.2, -0.15) is 0 Å². The third kappa shape index (κ3) is 6.33. The van der Waals surface area contributed by atoms with E-state index in [-0.39, 0.29) is 12.5 Å². The van der Waals surface area contributed by atoms with Crippen LogP contribution in [0.3, 0.4) is 0 Å². The molecule has 0 atom stereocenters. The Hall–Kier alpha value is -1.89. The number of carbonyl (C=O) groups excluding carboxylic acids is 2. The van der Waals surface area contributed by atoms with Crippen molar-refractivity contribution in [2.75, 3.05) is 6.61 Å². The van der Waals surface area contributed by atoms with Gasteiger partial charge in [-0.25, -0.2) is 14.6 Å². The molecular formula is C13H17NO5S. The van der Waals surface area contributed by atoms with Gasteiger partial charge in [0.2, 0.25) is 5.88 Å². The number of esters is 1. The Morgan fingerprint density at radius 2 is 2.10 bits per heavy atom. The minimum absolute atomic E-state index is 0.136. The Morgan fingerprint density at radius 1 is 1.40 bits per heavy atom. The Kier molecular flexibility index (Phi) is 5.69. The number of hydrogen-bond acceptors (Lipinski definition) is 7. The minimum atomic E-state index is -0.805. The third-order valence-electron chi connectivity index (χ3n) is 1.72. The highest BCUT2D eigenvalue weighted by atomic mass is 32.1. The average molecular weight is 299 g/mol. The van der Waals surface area contributed by atoms with E-state index in [2.05, 4.69) is 9.72 Å². The lowest BCUT2D eigenvalue weighted by Gasteiger charge is -2.17. The van der Waals surface area contributed by atoms with Gasteiger partial charge in [0.25, 0.3) is 0 Å². The summed E-state index contributed by atoms with van der Waals surface area (Å²) < 4.78 is 14.5. The van der Waals surface area contributed by atoms with Crippen molar-refractivity contribution >= 4 is 29.5 Å². The Bertz CT molecular complexity index is 501. The molecule has 0 unspecified atom stereocenters. The molecule has 1 rings (SSSR count). The van der Waals surface area contributed by atoms with E-state index in [1.165, 1.54) is 23.5 Å². The predicted octanol–water partition coefficient (Wildman–Crippen LogP) is 3.03. The van der Waals surface area contributed by atoms with E-state index in [1.807, 2.05) is 0 Å². The molecule has 110 valence electrons. The molecule has 20 heavy (non-hydrogen) atoms. The van der Waals surface area contributed by atoms with Crippen LogP contribution in [0.4, 0.5) is 4.79 Å². The number of ether oxygens (including phenoxy) is 3. The summed E-state index contributed by atoms with van der Waals surface area (Å²) in [4.78, 5) is 26.5. The van der Waals surface area contributed by atoms with Crippen molar-refractivity contribution in [3.05, 3.63) is 16.5 Å². The van der Waals surface area contributed by atoms with Crippen molar-refractivity contribution in [3.8, 4) is 5.88 Å². The molecule has 0 aliphatic heterocycles. The number of nitrogens with zero attached hydrogens (tertiary/aromatic N) is 1. The van der Waals surface area contributed by atoms with Crippen LogP contribution in [0.15, 0.2) is 11.5 Å². The molecular weight excluding hydrogens is 282 g/mol. The van der Waals surface area contributed by atoms with Gasteiger partial charge >= 0.3 is 12.1 Å². The molecule has 0 amide bonds. The zero-order chi connectivity index (χ0) is 15.2. The van der Waals surface area contributed by atoms with Crippen LogP contribution >= 0.6 is 11.3 Å². The van der Waals surface area contributed by atoms with Crippen molar-refractivity contribution in [1.29, 1.82) is 0 Å². The number of carbonyl (C=O) groups is 2. The highest BCUT2D eigenvalue weighted by Gasteiger charge is 2.14. The summed E-state index contributed by atoms with van der Waals surface area (Å²) in [6, 6.07) is 0. The SMILES string of the molecule is CCOC(=O)Oc1csc(C=CC(=O)OC(C)(C)C)n1. The van der Waals surface area contributed by atoms with E-state index in [4.69, 9.17) is 9.47 Å². The van der Waals surface area contributed by atoms with E-state index in [1.54, 1.807) is 33.1 Å². The number of hydrogen-bond donors (Lipinski definition) is 0. The zero-order valence-electron chi connectivity index (χ0n) is 11.8. The summed E-state index contributed by atoms with van der Waals surface area (Å²) in [7, 11) is 0. The van der Waals surface area contributed by atoms with Gasteiger partial charge < -0.3 is 14.2 Å². The third-order valence-corrected chi connectivity index (χ3v) is 2.51. The second-order valence-electron chi connectivity index (χ2n) is 4.68. The summed E-state index contributed by atoms with van der Waals surface area (Å²) in [5.41, 5.74) is -0.539. The van der Waals surface area contributed by atoms with Crippen LogP contribution in [0.2, 0.25) is 0 Å². The number of aromatic nitrogens is 1. The molecule has 0 bridgehead atoms. The van der Waals surface area contributed by atoms with Gasteiger partial charge in [-0.15, -0.1) is 11.3 Å². The van der Waals surface area contributed by atoms with E-state index in [9.17, 15) is 9.59 Å². The fraction of sp³-hybridized carbons (Fsp3) is 0.462. The van der Waals surface area contributed by atoms with Gasteiger partial charge in [-0.1, -0.05) is 0 Å². The molecule has 0 aromatic carbocycles. The fourth-order valence-electron chi connectivity index (χ4n) is 1.10. The van der Waals surface area contributed by atoms with Crippen LogP contribution in [0.1, 0.15) is 32.7 Å². The summed E-state index contributed by atoms with van der Waals surface area (Å²) >= 11 is 1.23. The van der Waals surface area contributed by atoms with Crippen molar-refractivity contribution in [2.45, 2.75) is 33.3 Å². The van der Waals surface area contributed by atoms with Gasteiger partial charge in [0, 0.05) is 6.08 Å². The predicted molar refractivity (Wildman–Crippen MR) is 74.6 cm³/mol. The second-order valence-corrected chi connectivity index (χ2v) is 5.57. The van der Waals surface area contributed by atoms with Crippen LogP contribution in [-0.4, -0.2) is 29.3 Å². The van der Waals surface area contributed by atoms with Crippen LogP contribution in [0.5, 0.6) is 5.88 Å². The lowest BCUT2D eigenvalue weighted by atomic mass is 10.2. The molecule has 0 fully saturated rings. The topological polar surface area (TPSA) is 74.7 Å². The summed E-state index contributed by atoms with van der Waals surface area (Å²) in [5, 5.41) is 2.07. The van der Waals surface area contributed by atoms with Gasteiger partial charge in [0.1, 0.15) is 10.6 Å². The van der Waals surface area contributed by atoms with Crippen LogP contribution in [0, 0.1) is 0 Å². The van der Waals surface area contributed by atoms with Crippen LogP contribution in [0.25, 0.3) is 6.08 Å². The number of thiazole rings is 1. The Balaban J connectivity index is 2.55. The lowest BCUT2D eigenvalue weighted by Crippen LogP contribution is -2.22. The molecule has 0 saturated carbocycles. The molecule has 0 N–H and O–H groups in total. The van der Waals surface area contributed by atoms with Gasteiger partial charge in [0.15, 0.2) is 0 Å². The molecule has 7 heteroatoms. The largest absolute Gasteiger partial charge is 0.515 e. The fourth-order valence-corrected chi connectivity index (χ4v) is 1.72. The first kappa shape index (κ1) is 16.2. The van der Waals surface area contributed by atoms with Crippen molar-refractivity contribution in [1.82, 2.24) is 4.98 Å². The second kappa shape index (κ2) is 7.04. The highest BCUT2D eigenvalue weighted by Crippen LogP contribution is 2.18. The molecule has 0 saturated heterocycles. The molecule has 1 aromatic heterocycles. The lowest BCUT2D eigenvalue weighted by molar-refractivity contribution is -0.148. The normalized spacial score (nSPS) is 11.4. The first-order valence-electron chi connectivity index (χ1n) is 6.01. The van der Waals surface area contributed by atoms with E-state index >= 15 is 0 Å².